The van der Waals surface area contributed by atoms with Gasteiger partial charge in [-0.2, -0.15) is 0 Å². The first kappa shape index (κ1) is 13.9. The summed E-state index contributed by atoms with van der Waals surface area (Å²) in [5.41, 5.74) is 1.24. The van der Waals surface area contributed by atoms with E-state index in [0.717, 1.165) is 12.2 Å². The maximum Gasteiger partial charge on any atom is 0.307 e. The fourth-order valence-electron chi connectivity index (χ4n) is 2.78. The van der Waals surface area contributed by atoms with Crippen LogP contribution in [0.25, 0.3) is 0 Å². The molecular formula is C15H21NO3. The molecule has 1 N–H and O–H groups in total. The Labute approximate surface area is 114 Å². The van der Waals surface area contributed by atoms with Crippen molar-refractivity contribution in [3.8, 4) is 5.75 Å². The van der Waals surface area contributed by atoms with Gasteiger partial charge in [-0.15, -0.1) is 0 Å². The lowest BCUT2D eigenvalue weighted by molar-refractivity contribution is -0.141. The summed E-state index contributed by atoms with van der Waals surface area (Å²) in [7, 11) is 3.09. The maximum absolute atomic E-state index is 11.5. The largest absolute Gasteiger partial charge is 0.497 e. The number of carbonyl (C=O) groups excluding carboxylic acids is 1. The number of carbonyl (C=O) groups is 1. The van der Waals surface area contributed by atoms with Gasteiger partial charge in [0, 0.05) is 18.0 Å². The van der Waals surface area contributed by atoms with E-state index in [1.807, 2.05) is 12.1 Å². The number of methoxy groups -OCH3 is 2. The van der Waals surface area contributed by atoms with Crippen molar-refractivity contribution in [2.75, 3.05) is 14.2 Å². The lowest BCUT2D eigenvalue weighted by Gasteiger charge is -2.19. The standard InChI is InChI=1S/C15H21NO3/c1-10-8-13(14(16-10)9-15(17)19-3)11-4-6-12(18-2)7-5-11/h4-7,10,13-14,16H,8-9H2,1-3H3/t10-,13-,14-/m0/s1. The highest BCUT2D eigenvalue weighted by Gasteiger charge is 2.34. The average molecular weight is 263 g/mol. The van der Waals surface area contributed by atoms with E-state index in [-0.39, 0.29) is 12.0 Å². The Morgan fingerprint density at radius 1 is 1.32 bits per heavy atom. The zero-order valence-corrected chi connectivity index (χ0v) is 11.7. The number of hydrogen-bond acceptors (Lipinski definition) is 4. The summed E-state index contributed by atoms with van der Waals surface area (Å²) in [6.45, 7) is 2.15. The Morgan fingerprint density at radius 3 is 2.58 bits per heavy atom. The van der Waals surface area contributed by atoms with E-state index >= 15 is 0 Å². The first-order chi connectivity index (χ1) is 9.13. The molecule has 3 atom stereocenters. The maximum atomic E-state index is 11.5. The highest BCUT2D eigenvalue weighted by Crippen LogP contribution is 2.33. The molecule has 4 nitrogen and oxygen atoms in total. The second-order valence-electron chi connectivity index (χ2n) is 5.07. The molecule has 0 radical (unpaired) electrons. The third-order valence-corrected chi connectivity index (χ3v) is 3.75. The van der Waals surface area contributed by atoms with Gasteiger partial charge in [0.2, 0.25) is 0 Å². The molecule has 1 saturated heterocycles. The predicted molar refractivity (Wildman–Crippen MR) is 73.4 cm³/mol. The Kier molecular flexibility index (Phi) is 4.43. The first-order valence-electron chi connectivity index (χ1n) is 6.61. The summed E-state index contributed by atoms with van der Waals surface area (Å²) in [5, 5.41) is 3.46. The van der Waals surface area contributed by atoms with E-state index in [0.29, 0.717) is 18.4 Å². The minimum atomic E-state index is -0.162. The smallest absolute Gasteiger partial charge is 0.307 e. The minimum absolute atomic E-state index is 0.149. The summed E-state index contributed by atoms with van der Waals surface area (Å²) in [5.74, 6) is 1.04. The van der Waals surface area contributed by atoms with Crippen molar-refractivity contribution in [2.45, 2.75) is 37.8 Å². The van der Waals surface area contributed by atoms with Gasteiger partial charge in [-0.25, -0.2) is 0 Å². The van der Waals surface area contributed by atoms with E-state index in [4.69, 9.17) is 9.47 Å². The van der Waals surface area contributed by atoms with Gasteiger partial charge >= 0.3 is 5.97 Å². The molecule has 0 aliphatic carbocycles. The van der Waals surface area contributed by atoms with Gasteiger partial charge in [0.25, 0.3) is 0 Å². The van der Waals surface area contributed by atoms with Gasteiger partial charge in [0.15, 0.2) is 0 Å². The molecule has 0 unspecified atom stereocenters. The molecule has 1 aromatic rings. The molecule has 4 heteroatoms. The Bertz CT molecular complexity index is 430. The van der Waals surface area contributed by atoms with Crippen LogP contribution in [0.15, 0.2) is 24.3 Å². The van der Waals surface area contributed by atoms with Gasteiger partial charge in [-0.1, -0.05) is 12.1 Å². The molecule has 0 saturated carbocycles. The number of rotatable bonds is 4. The van der Waals surface area contributed by atoms with Crippen molar-refractivity contribution >= 4 is 5.97 Å². The van der Waals surface area contributed by atoms with Gasteiger partial charge in [0.1, 0.15) is 5.75 Å². The van der Waals surface area contributed by atoms with Crippen LogP contribution in [0.3, 0.4) is 0 Å². The monoisotopic (exact) mass is 263 g/mol. The second-order valence-corrected chi connectivity index (χ2v) is 5.07. The van der Waals surface area contributed by atoms with E-state index in [1.54, 1.807) is 7.11 Å². The SMILES string of the molecule is COC(=O)C[C@@H]1N[C@@H](C)C[C@H]1c1ccc(OC)cc1. The number of hydrogen-bond donors (Lipinski definition) is 1. The highest BCUT2D eigenvalue weighted by molar-refractivity contribution is 5.70. The van der Waals surface area contributed by atoms with E-state index in [9.17, 15) is 4.79 Å². The van der Waals surface area contributed by atoms with Gasteiger partial charge in [0.05, 0.1) is 20.6 Å². The van der Waals surface area contributed by atoms with Gasteiger partial charge in [-0.3, -0.25) is 4.79 Å². The quantitative estimate of drug-likeness (QED) is 0.845. The van der Waals surface area contributed by atoms with Crippen molar-refractivity contribution in [1.82, 2.24) is 5.32 Å². The molecule has 0 amide bonds. The van der Waals surface area contributed by atoms with Crippen LogP contribution < -0.4 is 10.1 Å². The average Bonchev–Trinajstić information content (AvgIpc) is 2.79. The Hall–Kier alpha value is -1.55. The summed E-state index contributed by atoms with van der Waals surface area (Å²) in [6, 6.07) is 8.65. The molecule has 0 aromatic heterocycles. The molecule has 0 spiro atoms. The topological polar surface area (TPSA) is 47.6 Å². The van der Waals surface area contributed by atoms with Crippen molar-refractivity contribution in [2.24, 2.45) is 0 Å². The summed E-state index contributed by atoms with van der Waals surface area (Å²) in [4.78, 5) is 11.5. The molecule has 1 heterocycles. The summed E-state index contributed by atoms with van der Waals surface area (Å²) < 4.78 is 9.94. The zero-order valence-electron chi connectivity index (χ0n) is 11.7. The van der Waals surface area contributed by atoms with Gasteiger partial charge < -0.3 is 14.8 Å². The lowest BCUT2D eigenvalue weighted by atomic mass is 9.89. The third kappa shape index (κ3) is 3.26. The molecule has 0 bridgehead atoms. The van der Waals surface area contributed by atoms with Crippen LogP contribution >= 0.6 is 0 Å². The van der Waals surface area contributed by atoms with Crippen molar-refractivity contribution in [3.05, 3.63) is 29.8 Å². The Morgan fingerprint density at radius 2 is 2.00 bits per heavy atom. The predicted octanol–water partition coefficient (Wildman–Crippen LogP) is 2.09. The van der Waals surface area contributed by atoms with Crippen molar-refractivity contribution in [1.29, 1.82) is 0 Å². The van der Waals surface area contributed by atoms with Gasteiger partial charge in [-0.05, 0) is 31.0 Å². The van der Waals surface area contributed by atoms with Crippen LogP contribution in [0.2, 0.25) is 0 Å². The highest BCUT2D eigenvalue weighted by atomic mass is 16.5. The third-order valence-electron chi connectivity index (χ3n) is 3.75. The number of benzene rings is 1. The zero-order chi connectivity index (χ0) is 13.8. The summed E-state index contributed by atoms with van der Waals surface area (Å²) >= 11 is 0. The van der Waals surface area contributed by atoms with Crippen LogP contribution in [0.1, 0.15) is 31.2 Å². The minimum Gasteiger partial charge on any atom is -0.497 e. The van der Waals surface area contributed by atoms with Crippen molar-refractivity contribution < 1.29 is 14.3 Å². The fourth-order valence-corrected chi connectivity index (χ4v) is 2.78. The fraction of sp³-hybridized carbons (Fsp3) is 0.533. The number of ether oxygens (including phenoxy) is 2. The number of nitrogens with one attached hydrogen (secondary N) is 1. The normalized spacial score (nSPS) is 26.2. The molecule has 1 fully saturated rings. The van der Waals surface area contributed by atoms with Crippen LogP contribution in [-0.4, -0.2) is 32.3 Å². The van der Waals surface area contributed by atoms with Crippen LogP contribution in [-0.2, 0) is 9.53 Å². The number of esters is 1. The van der Waals surface area contributed by atoms with E-state index in [1.165, 1.54) is 12.7 Å². The van der Waals surface area contributed by atoms with Crippen LogP contribution in [0, 0.1) is 0 Å². The second kappa shape index (κ2) is 6.06. The Balaban J connectivity index is 2.12. The van der Waals surface area contributed by atoms with E-state index < -0.39 is 0 Å². The molecular weight excluding hydrogens is 242 g/mol. The molecule has 104 valence electrons. The molecule has 1 aromatic carbocycles. The summed E-state index contributed by atoms with van der Waals surface area (Å²) in [6.07, 6.45) is 1.45. The van der Waals surface area contributed by atoms with E-state index in [2.05, 4.69) is 24.4 Å². The molecule has 2 rings (SSSR count). The molecule has 1 aliphatic rings. The van der Waals surface area contributed by atoms with Crippen LogP contribution in [0.5, 0.6) is 5.75 Å². The molecule has 19 heavy (non-hydrogen) atoms. The van der Waals surface area contributed by atoms with Crippen molar-refractivity contribution in [3.63, 3.8) is 0 Å². The first-order valence-corrected chi connectivity index (χ1v) is 6.61. The van der Waals surface area contributed by atoms with Crippen LogP contribution in [0.4, 0.5) is 0 Å². The molecule has 1 aliphatic heterocycles. The lowest BCUT2D eigenvalue weighted by Crippen LogP contribution is -2.32.